The van der Waals surface area contributed by atoms with Crippen LogP contribution >= 0.6 is 0 Å². The molecular weight excluding hydrogens is 290 g/mol. The van der Waals surface area contributed by atoms with Gasteiger partial charge in [0.2, 0.25) is 0 Å². The van der Waals surface area contributed by atoms with Crippen molar-refractivity contribution in [2.45, 2.75) is 0 Å². The Morgan fingerprint density at radius 3 is 2.09 bits per heavy atom. The fourth-order valence-corrected chi connectivity index (χ4v) is 2.10. The molecule has 0 saturated heterocycles. The first-order valence-electron chi connectivity index (χ1n) is 7.15. The van der Waals surface area contributed by atoms with Gasteiger partial charge in [-0.15, -0.1) is 0 Å². The zero-order valence-corrected chi connectivity index (χ0v) is 12.3. The molecule has 3 aromatic carbocycles. The number of nitrogens with one attached hydrogen (secondary N) is 1. The normalized spacial score (nSPS) is 10.1. The molecule has 3 aromatic rings. The smallest absolute Gasteiger partial charge is 0.259 e. The number of benzene rings is 3. The average Bonchev–Trinajstić information content (AvgIpc) is 2.58. The number of phenolic OH excluding ortho intramolecular Hbond substituents is 1. The molecule has 4 heteroatoms. The van der Waals surface area contributed by atoms with Crippen LogP contribution in [0.2, 0.25) is 0 Å². The van der Waals surface area contributed by atoms with Crippen molar-refractivity contribution in [3.63, 3.8) is 0 Å². The number of aromatic hydroxyl groups is 1. The number of carbonyl (C=O) groups is 1. The van der Waals surface area contributed by atoms with E-state index < -0.39 is 0 Å². The van der Waals surface area contributed by atoms with E-state index in [0.717, 1.165) is 5.75 Å². The van der Waals surface area contributed by atoms with Gasteiger partial charge < -0.3 is 15.2 Å². The van der Waals surface area contributed by atoms with Crippen LogP contribution in [0.4, 0.5) is 5.69 Å². The molecule has 0 bridgehead atoms. The van der Waals surface area contributed by atoms with Crippen LogP contribution in [-0.2, 0) is 0 Å². The van der Waals surface area contributed by atoms with Crippen LogP contribution in [0, 0.1) is 0 Å². The zero-order valence-electron chi connectivity index (χ0n) is 12.3. The minimum absolute atomic E-state index is 0.0472. The second-order valence-corrected chi connectivity index (χ2v) is 4.91. The molecule has 0 aliphatic rings. The summed E-state index contributed by atoms with van der Waals surface area (Å²) in [7, 11) is 0. The van der Waals surface area contributed by atoms with Gasteiger partial charge in [-0.05, 0) is 48.5 Å². The first-order chi connectivity index (χ1) is 11.2. The lowest BCUT2D eigenvalue weighted by Gasteiger charge is -2.08. The second kappa shape index (κ2) is 6.66. The molecule has 2 N–H and O–H groups in total. The predicted molar refractivity (Wildman–Crippen MR) is 89.0 cm³/mol. The van der Waals surface area contributed by atoms with Crippen molar-refractivity contribution in [3.05, 3.63) is 84.4 Å². The van der Waals surface area contributed by atoms with Crippen molar-refractivity contribution >= 4 is 11.6 Å². The molecule has 3 rings (SSSR count). The highest BCUT2D eigenvalue weighted by atomic mass is 16.5. The predicted octanol–water partition coefficient (Wildman–Crippen LogP) is 4.44. The molecule has 0 heterocycles. The van der Waals surface area contributed by atoms with Gasteiger partial charge in [0.15, 0.2) is 0 Å². The number of phenols is 1. The SMILES string of the molecule is O=C(Nc1ccc(Oc2ccccc2)cc1)c1ccccc1O. The van der Waals surface area contributed by atoms with Gasteiger partial charge in [0, 0.05) is 5.69 Å². The maximum atomic E-state index is 12.1. The van der Waals surface area contributed by atoms with E-state index in [2.05, 4.69) is 5.32 Å². The highest BCUT2D eigenvalue weighted by molar-refractivity contribution is 6.06. The summed E-state index contributed by atoms with van der Waals surface area (Å²) in [6, 6.07) is 22.9. The molecule has 0 unspecified atom stereocenters. The van der Waals surface area contributed by atoms with Gasteiger partial charge in [0.25, 0.3) is 5.91 Å². The fraction of sp³-hybridized carbons (Fsp3) is 0. The van der Waals surface area contributed by atoms with Crippen molar-refractivity contribution in [3.8, 4) is 17.2 Å². The van der Waals surface area contributed by atoms with E-state index in [9.17, 15) is 9.90 Å². The van der Waals surface area contributed by atoms with Crippen molar-refractivity contribution in [2.24, 2.45) is 0 Å². The van der Waals surface area contributed by atoms with Crippen LogP contribution < -0.4 is 10.1 Å². The Labute approximate surface area is 134 Å². The molecule has 0 radical (unpaired) electrons. The fourth-order valence-electron chi connectivity index (χ4n) is 2.10. The lowest BCUT2D eigenvalue weighted by molar-refractivity contribution is 0.102. The van der Waals surface area contributed by atoms with Gasteiger partial charge in [-0.25, -0.2) is 0 Å². The third kappa shape index (κ3) is 3.68. The Bertz CT molecular complexity index is 798. The monoisotopic (exact) mass is 305 g/mol. The Balaban J connectivity index is 1.68. The Hall–Kier alpha value is -3.27. The number of anilines is 1. The van der Waals surface area contributed by atoms with E-state index in [1.807, 2.05) is 30.3 Å². The number of rotatable bonds is 4. The molecule has 114 valence electrons. The summed E-state index contributed by atoms with van der Waals surface area (Å²) in [5, 5.41) is 12.4. The number of hydrogen-bond donors (Lipinski definition) is 2. The summed E-state index contributed by atoms with van der Waals surface area (Å²) in [4.78, 5) is 12.1. The molecule has 0 saturated carbocycles. The van der Waals surface area contributed by atoms with Gasteiger partial charge in [-0.2, -0.15) is 0 Å². The van der Waals surface area contributed by atoms with Crippen molar-refractivity contribution < 1.29 is 14.6 Å². The van der Waals surface area contributed by atoms with Crippen molar-refractivity contribution in [1.82, 2.24) is 0 Å². The van der Waals surface area contributed by atoms with E-state index in [0.29, 0.717) is 11.4 Å². The molecule has 1 amide bonds. The van der Waals surface area contributed by atoms with Crippen LogP contribution in [0.15, 0.2) is 78.9 Å². The summed E-state index contributed by atoms with van der Waals surface area (Å²) < 4.78 is 5.69. The van der Waals surface area contributed by atoms with Gasteiger partial charge >= 0.3 is 0 Å². The van der Waals surface area contributed by atoms with E-state index in [1.165, 1.54) is 6.07 Å². The molecule has 0 spiro atoms. The summed E-state index contributed by atoms with van der Waals surface area (Å²) in [5.74, 6) is 1.02. The minimum Gasteiger partial charge on any atom is -0.507 e. The van der Waals surface area contributed by atoms with Crippen LogP contribution in [-0.4, -0.2) is 11.0 Å². The van der Waals surface area contributed by atoms with Gasteiger partial charge in [-0.1, -0.05) is 30.3 Å². The first-order valence-corrected chi connectivity index (χ1v) is 7.15. The molecule has 0 aromatic heterocycles. The zero-order chi connectivity index (χ0) is 16.1. The molecule has 23 heavy (non-hydrogen) atoms. The van der Waals surface area contributed by atoms with E-state index >= 15 is 0 Å². The van der Waals surface area contributed by atoms with E-state index in [1.54, 1.807) is 42.5 Å². The van der Waals surface area contributed by atoms with Crippen molar-refractivity contribution in [2.75, 3.05) is 5.32 Å². The molecular formula is C19H15NO3. The minimum atomic E-state index is -0.361. The summed E-state index contributed by atoms with van der Waals surface area (Å²) >= 11 is 0. The van der Waals surface area contributed by atoms with Crippen LogP contribution in [0.25, 0.3) is 0 Å². The number of carbonyl (C=O) groups excluding carboxylic acids is 1. The van der Waals surface area contributed by atoms with E-state index in [4.69, 9.17) is 4.74 Å². The highest BCUT2D eigenvalue weighted by Gasteiger charge is 2.10. The lowest BCUT2D eigenvalue weighted by atomic mass is 10.2. The number of ether oxygens (including phenoxy) is 1. The Morgan fingerprint density at radius 1 is 0.783 bits per heavy atom. The van der Waals surface area contributed by atoms with Gasteiger partial charge in [0.1, 0.15) is 17.2 Å². The highest BCUT2D eigenvalue weighted by Crippen LogP contribution is 2.23. The number of para-hydroxylation sites is 2. The van der Waals surface area contributed by atoms with Crippen molar-refractivity contribution in [1.29, 1.82) is 0 Å². The molecule has 0 atom stereocenters. The molecule has 0 aliphatic heterocycles. The first kappa shape index (κ1) is 14.7. The third-order valence-corrected chi connectivity index (χ3v) is 3.24. The molecule has 0 aliphatic carbocycles. The van der Waals surface area contributed by atoms with Crippen LogP contribution in [0.5, 0.6) is 17.2 Å². The Morgan fingerprint density at radius 2 is 1.39 bits per heavy atom. The maximum Gasteiger partial charge on any atom is 0.259 e. The third-order valence-electron chi connectivity index (χ3n) is 3.24. The molecule has 0 fully saturated rings. The standard InChI is InChI=1S/C19H15NO3/c21-18-9-5-4-8-17(18)19(22)20-14-10-12-16(13-11-14)23-15-6-2-1-3-7-15/h1-13,21H,(H,20,22). The van der Waals surface area contributed by atoms with Gasteiger partial charge in [-0.3, -0.25) is 4.79 Å². The maximum absolute atomic E-state index is 12.1. The second-order valence-electron chi connectivity index (χ2n) is 4.91. The topological polar surface area (TPSA) is 58.6 Å². The Kier molecular flexibility index (Phi) is 4.25. The number of hydrogen-bond acceptors (Lipinski definition) is 3. The quantitative estimate of drug-likeness (QED) is 0.749. The summed E-state index contributed by atoms with van der Waals surface area (Å²) in [6.45, 7) is 0. The van der Waals surface area contributed by atoms with Crippen LogP contribution in [0.1, 0.15) is 10.4 Å². The van der Waals surface area contributed by atoms with Gasteiger partial charge in [0.05, 0.1) is 5.56 Å². The lowest BCUT2D eigenvalue weighted by Crippen LogP contribution is -2.11. The van der Waals surface area contributed by atoms with E-state index in [-0.39, 0.29) is 17.2 Å². The van der Waals surface area contributed by atoms with Crippen LogP contribution in [0.3, 0.4) is 0 Å². The summed E-state index contributed by atoms with van der Waals surface area (Å²) in [5.41, 5.74) is 0.857. The average molecular weight is 305 g/mol. The molecule has 4 nitrogen and oxygen atoms in total. The summed E-state index contributed by atoms with van der Waals surface area (Å²) in [6.07, 6.45) is 0. The number of amides is 1. The largest absolute Gasteiger partial charge is 0.507 e.